The summed E-state index contributed by atoms with van der Waals surface area (Å²) in [6.45, 7) is 2.06. The van der Waals surface area contributed by atoms with Crippen molar-refractivity contribution >= 4 is 22.4 Å². The van der Waals surface area contributed by atoms with E-state index < -0.39 is 0 Å². The standard InChI is InChI=1S/C9H14N4OS/c1-9(4-3-5-9)11-6(14)7-12-13-8(10-2)15-7/h3-5H2,1-2H3,(H,10,13)(H,11,14). The lowest BCUT2D eigenvalue weighted by Gasteiger charge is -2.38. The molecule has 1 amide bonds. The van der Waals surface area contributed by atoms with Crippen LogP contribution in [0.4, 0.5) is 5.13 Å². The van der Waals surface area contributed by atoms with E-state index in [1.807, 2.05) is 0 Å². The van der Waals surface area contributed by atoms with E-state index in [1.165, 1.54) is 17.8 Å². The van der Waals surface area contributed by atoms with E-state index in [-0.39, 0.29) is 11.4 Å². The van der Waals surface area contributed by atoms with Gasteiger partial charge in [0.15, 0.2) is 0 Å². The van der Waals surface area contributed by atoms with E-state index in [1.54, 1.807) is 7.05 Å². The van der Waals surface area contributed by atoms with Crippen molar-refractivity contribution in [2.45, 2.75) is 31.7 Å². The van der Waals surface area contributed by atoms with Crippen molar-refractivity contribution in [1.82, 2.24) is 15.5 Å². The monoisotopic (exact) mass is 226 g/mol. The first kappa shape index (κ1) is 10.4. The van der Waals surface area contributed by atoms with E-state index in [0.29, 0.717) is 10.1 Å². The third-order valence-corrected chi connectivity index (χ3v) is 3.65. The molecule has 82 valence electrons. The second kappa shape index (κ2) is 3.77. The molecule has 1 aromatic heterocycles. The van der Waals surface area contributed by atoms with E-state index in [4.69, 9.17) is 0 Å². The number of hydrogen-bond acceptors (Lipinski definition) is 5. The van der Waals surface area contributed by atoms with Gasteiger partial charge in [-0.15, -0.1) is 10.2 Å². The highest BCUT2D eigenvalue weighted by atomic mass is 32.1. The maximum absolute atomic E-state index is 11.8. The molecular weight excluding hydrogens is 212 g/mol. The van der Waals surface area contributed by atoms with Crippen LogP contribution in [0.1, 0.15) is 36.0 Å². The molecule has 0 radical (unpaired) electrons. The van der Waals surface area contributed by atoms with Crippen LogP contribution in [0.5, 0.6) is 0 Å². The molecular formula is C9H14N4OS. The minimum Gasteiger partial charge on any atom is -0.363 e. The zero-order valence-electron chi connectivity index (χ0n) is 8.83. The van der Waals surface area contributed by atoms with Gasteiger partial charge in [-0.05, 0) is 26.2 Å². The second-order valence-electron chi connectivity index (χ2n) is 4.03. The predicted molar refractivity (Wildman–Crippen MR) is 59.2 cm³/mol. The number of aromatic nitrogens is 2. The number of nitrogens with zero attached hydrogens (tertiary/aromatic N) is 2. The summed E-state index contributed by atoms with van der Waals surface area (Å²) in [6, 6.07) is 0. The lowest BCUT2D eigenvalue weighted by Crippen LogP contribution is -2.50. The van der Waals surface area contributed by atoms with E-state index in [9.17, 15) is 4.79 Å². The molecule has 5 nitrogen and oxygen atoms in total. The molecule has 0 spiro atoms. The smallest absolute Gasteiger partial charge is 0.282 e. The van der Waals surface area contributed by atoms with E-state index in [0.717, 1.165) is 12.8 Å². The Morgan fingerprint density at radius 3 is 2.67 bits per heavy atom. The molecule has 1 heterocycles. The number of nitrogens with one attached hydrogen (secondary N) is 2. The Kier molecular flexibility index (Phi) is 2.60. The fraction of sp³-hybridized carbons (Fsp3) is 0.667. The molecule has 2 rings (SSSR count). The third kappa shape index (κ3) is 2.09. The van der Waals surface area contributed by atoms with Crippen LogP contribution in [0.25, 0.3) is 0 Å². The maximum atomic E-state index is 11.8. The lowest BCUT2D eigenvalue weighted by molar-refractivity contribution is 0.0849. The van der Waals surface area contributed by atoms with Gasteiger partial charge in [0.1, 0.15) is 0 Å². The molecule has 0 atom stereocenters. The zero-order valence-corrected chi connectivity index (χ0v) is 9.65. The number of carbonyl (C=O) groups excluding carboxylic acids is 1. The Bertz CT molecular complexity index is 372. The average molecular weight is 226 g/mol. The Morgan fingerprint density at radius 2 is 2.20 bits per heavy atom. The lowest BCUT2D eigenvalue weighted by atomic mass is 9.78. The minimum atomic E-state index is -0.115. The normalized spacial score (nSPS) is 18.0. The van der Waals surface area contributed by atoms with Crippen LogP contribution < -0.4 is 10.6 Å². The van der Waals surface area contributed by atoms with Gasteiger partial charge in [0.25, 0.3) is 5.91 Å². The molecule has 0 unspecified atom stereocenters. The van der Waals surface area contributed by atoms with Crippen molar-refractivity contribution < 1.29 is 4.79 Å². The van der Waals surface area contributed by atoms with Crippen LogP contribution in [0.15, 0.2) is 0 Å². The van der Waals surface area contributed by atoms with E-state index in [2.05, 4.69) is 27.8 Å². The number of hydrogen-bond donors (Lipinski definition) is 2. The van der Waals surface area contributed by atoms with Gasteiger partial charge < -0.3 is 10.6 Å². The topological polar surface area (TPSA) is 66.9 Å². The molecule has 1 saturated carbocycles. The number of anilines is 1. The fourth-order valence-electron chi connectivity index (χ4n) is 1.58. The van der Waals surface area contributed by atoms with Crippen molar-refractivity contribution in [1.29, 1.82) is 0 Å². The van der Waals surface area contributed by atoms with Crippen LogP contribution in [0, 0.1) is 0 Å². The van der Waals surface area contributed by atoms with Gasteiger partial charge in [-0.1, -0.05) is 11.3 Å². The van der Waals surface area contributed by atoms with Crippen LogP contribution >= 0.6 is 11.3 Å². The molecule has 0 aromatic carbocycles. The highest BCUT2D eigenvalue weighted by Crippen LogP contribution is 2.31. The van der Waals surface area contributed by atoms with Gasteiger partial charge in [0.05, 0.1) is 0 Å². The predicted octanol–water partition coefficient (Wildman–Crippen LogP) is 1.25. The molecule has 1 aliphatic rings. The van der Waals surface area contributed by atoms with Gasteiger partial charge in [-0.3, -0.25) is 4.79 Å². The first-order chi connectivity index (χ1) is 7.13. The first-order valence-corrected chi connectivity index (χ1v) is 5.78. The average Bonchev–Trinajstić information content (AvgIpc) is 2.63. The molecule has 0 saturated heterocycles. The summed E-state index contributed by atoms with van der Waals surface area (Å²) in [4.78, 5) is 11.8. The summed E-state index contributed by atoms with van der Waals surface area (Å²) in [5.41, 5.74) is -0.0252. The van der Waals surface area contributed by atoms with Crippen molar-refractivity contribution in [2.75, 3.05) is 12.4 Å². The summed E-state index contributed by atoms with van der Waals surface area (Å²) in [7, 11) is 1.76. The molecule has 1 fully saturated rings. The van der Waals surface area contributed by atoms with Gasteiger partial charge in [0.2, 0.25) is 10.1 Å². The number of amides is 1. The summed E-state index contributed by atoms with van der Waals surface area (Å²) in [6.07, 6.45) is 3.29. The summed E-state index contributed by atoms with van der Waals surface area (Å²) < 4.78 is 0. The summed E-state index contributed by atoms with van der Waals surface area (Å²) in [5.74, 6) is -0.115. The van der Waals surface area contributed by atoms with Gasteiger partial charge in [-0.25, -0.2) is 0 Å². The van der Waals surface area contributed by atoms with Gasteiger partial charge in [0, 0.05) is 12.6 Å². The largest absolute Gasteiger partial charge is 0.363 e. The number of rotatable bonds is 3. The fourth-order valence-corrected chi connectivity index (χ4v) is 2.17. The first-order valence-electron chi connectivity index (χ1n) is 4.97. The summed E-state index contributed by atoms with van der Waals surface area (Å²) in [5, 5.41) is 14.6. The maximum Gasteiger partial charge on any atom is 0.282 e. The Hall–Kier alpha value is -1.17. The Balaban J connectivity index is 2.01. The third-order valence-electron chi connectivity index (χ3n) is 2.71. The highest BCUT2D eigenvalue weighted by Gasteiger charge is 2.34. The molecule has 0 aliphatic heterocycles. The molecule has 0 bridgehead atoms. The summed E-state index contributed by atoms with van der Waals surface area (Å²) >= 11 is 1.27. The van der Waals surface area contributed by atoms with E-state index >= 15 is 0 Å². The van der Waals surface area contributed by atoms with Crippen LogP contribution in [-0.2, 0) is 0 Å². The van der Waals surface area contributed by atoms with Crippen LogP contribution in [-0.4, -0.2) is 28.7 Å². The molecule has 1 aromatic rings. The molecule has 6 heteroatoms. The Morgan fingerprint density at radius 1 is 1.47 bits per heavy atom. The van der Waals surface area contributed by atoms with Crippen LogP contribution in [0.2, 0.25) is 0 Å². The van der Waals surface area contributed by atoms with Crippen molar-refractivity contribution in [2.24, 2.45) is 0 Å². The zero-order chi connectivity index (χ0) is 10.9. The Labute approximate surface area is 92.3 Å². The van der Waals surface area contributed by atoms with Crippen molar-refractivity contribution in [3.63, 3.8) is 0 Å². The SMILES string of the molecule is CNc1nnc(C(=O)NC2(C)CCC2)s1. The minimum absolute atomic E-state index is 0.0252. The van der Waals surface area contributed by atoms with Gasteiger partial charge >= 0.3 is 0 Å². The van der Waals surface area contributed by atoms with Gasteiger partial charge in [-0.2, -0.15) is 0 Å². The number of carbonyl (C=O) groups is 1. The quantitative estimate of drug-likeness (QED) is 0.814. The van der Waals surface area contributed by atoms with Crippen molar-refractivity contribution in [3.8, 4) is 0 Å². The van der Waals surface area contributed by atoms with Crippen LogP contribution in [0.3, 0.4) is 0 Å². The van der Waals surface area contributed by atoms with Crippen molar-refractivity contribution in [3.05, 3.63) is 5.01 Å². The highest BCUT2D eigenvalue weighted by molar-refractivity contribution is 7.17. The molecule has 1 aliphatic carbocycles. The molecule has 15 heavy (non-hydrogen) atoms. The second-order valence-corrected chi connectivity index (χ2v) is 5.01. The molecule has 2 N–H and O–H groups in total.